The van der Waals surface area contributed by atoms with Gasteiger partial charge in [-0.3, -0.25) is 23.9 Å². The van der Waals surface area contributed by atoms with Gasteiger partial charge >= 0.3 is 6.18 Å². The average molecular weight is 820 g/mol. The van der Waals surface area contributed by atoms with E-state index in [2.05, 4.69) is 15.0 Å². The van der Waals surface area contributed by atoms with Gasteiger partial charge in [-0.25, -0.2) is 17.8 Å². The number of benzene rings is 2. The Bertz CT molecular complexity index is 2220. The molecule has 0 radical (unpaired) electrons. The summed E-state index contributed by atoms with van der Waals surface area (Å²) in [4.78, 5) is 60.8. The Morgan fingerprint density at radius 3 is 2.53 bits per heavy atom. The summed E-state index contributed by atoms with van der Waals surface area (Å²) in [7, 11) is -4.23. The highest BCUT2D eigenvalue weighted by molar-refractivity contribution is 7.91. The summed E-state index contributed by atoms with van der Waals surface area (Å²) >= 11 is 0. The van der Waals surface area contributed by atoms with Crippen LogP contribution in [0.2, 0.25) is 0 Å². The molecule has 2 aliphatic heterocycles. The summed E-state index contributed by atoms with van der Waals surface area (Å²) in [6, 6.07) is 8.28. The molecular formula is C39H45F4N5O8S. The number of ether oxygens (including phenoxy) is 1. The molecule has 18 heteroatoms. The zero-order valence-electron chi connectivity index (χ0n) is 31.6. The van der Waals surface area contributed by atoms with Crippen LogP contribution in [-0.2, 0) is 29.2 Å². The number of nitrogens with one attached hydrogen (secondary N) is 3. The maximum atomic E-state index is 15.5. The molecule has 1 aliphatic carbocycles. The van der Waals surface area contributed by atoms with Crippen LogP contribution in [0.4, 0.5) is 17.6 Å². The molecule has 4 N–H and O–H groups in total. The second kappa shape index (κ2) is 15.8. The van der Waals surface area contributed by atoms with Gasteiger partial charge in [0.05, 0.1) is 22.2 Å². The maximum Gasteiger partial charge on any atom is 0.423 e. The van der Waals surface area contributed by atoms with Gasteiger partial charge in [0.1, 0.15) is 29.5 Å². The molecule has 6 rings (SSSR count). The Hall–Kier alpha value is -4.84. The predicted molar refractivity (Wildman–Crippen MR) is 200 cm³/mol. The number of nitrogens with zero attached hydrogens (tertiary/aromatic N) is 2. The third-order valence-electron chi connectivity index (χ3n) is 11.2. The van der Waals surface area contributed by atoms with Gasteiger partial charge in [-0.15, -0.1) is 0 Å². The van der Waals surface area contributed by atoms with Gasteiger partial charge in [0, 0.05) is 17.7 Å². The van der Waals surface area contributed by atoms with Crippen molar-refractivity contribution in [2.75, 3.05) is 6.54 Å². The molecule has 2 aromatic carbocycles. The van der Waals surface area contributed by atoms with E-state index >= 15 is 4.39 Å². The van der Waals surface area contributed by atoms with Crippen LogP contribution in [0.25, 0.3) is 21.7 Å². The number of pyridine rings is 1. The quantitative estimate of drug-likeness (QED) is 0.146. The highest BCUT2D eigenvalue weighted by Crippen LogP contribution is 2.46. The molecule has 3 heterocycles. The van der Waals surface area contributed by atoms with Crippen LogP contribution in [0.3, 0.4) is 0 Å². The van der Waals surface area contributed by atoms with Crippen LogP contribution < -0.4 is 20.1 Å². The first kappa shape index (κ1) is 41.8. The van der Waals surface area contributed by atoms with Crippen molar-refractivity contribution >= 4 is 55.3 Å². The molecule has 1 saturated heterocycles. The molecule has 6 atom stereocenters. The standard InChI is InChI=1S/C39H45F4N5O8S/c1-4-37(2,3)57(54,55)47-36(53)38-20-22(38)13-8-6-5-7-9-18-28(44-33(51)31(49)39(41,42)43)35(52)48-21-23(19-29(48)32(50)46-38)56-34-30-25(15-12-16-26(30)40)24-14-10-11-17-27(24)45-34/h8,10-17,22-23,28-29,31,49H,4-7,9,18-21H2,1-3H3,(H,44,51)(H,46,50)(H,47,53)/b13-8-/t22-,23-,28+,29+,31+,38-/m1/s1. The summed E-state index contributed by atoms with van der Waals surface area (Å²) in [5.74, 6) is -6.11. The number of sulfonamides is 1. The molecule has 4 amide bonds. The molecule has 3 aliphatic rings. The lowest BCUT2D eigenvalue weighted by Crippen LogP contribution is -2.59. The van der Waals surface area contributed by atoms with Crippen molar-refractivity contribution in [3.63, 3.8) is 0 Å². The van der Waals surface area contributed by atoms with Crippen LogP contribution in [0.5, 0.6) is 5.88 Å². The molecule has 2 fully saturated rings. The minimum atomic E-state index is -5.32. The number of aliphatic hydroxyl groups is 1. The number of para-hydroxylation sites is 1. The van der Waals surface area contributed by atoms with Gasteiger partial charge in [-0.2, -0.15) is 13.2 Å². The van der Waals surface area contributed by atoms with Gasteiger partial charge in [-0.1, -0.05) is 62.2 Å². The van der Waals surface area contributed by atoms with E-state index in [9.17, 15) is 45.9 Å². The number of hydrogen-bond donors (Lipinski definition) is 4. The van der Waals surface area contributed by atoms with Crippen molar-refractivity contribution in [2.24, 2.45) is 5.92 Å². The van der Waals surface area contributed by atoms with Crippen molar-refractivity contribution in [2.45, 2.75) is 113 Å². The smallest absolute Gasteiger partial charge is 0.423 e. The van der Waals surface area contributed by atoms with Crippen molar-refractivity contribution in [1.29, 1.82) is 0 Å². The highest BCUT2D eigenvalue weighted by atomic mass is 32.2. The van der Waals surface area contributed by atoms with E-state index in [1.807, 2.05) is 5.32 Å². The molecule has 0 unspecified atom stereocenters. The first-order chi connectivity index (χ1) is 26.8. The van der Waals surface area contributed by atoms with Crippen LogP contribution in [0, 0.1) is 11.7 Å². The summed E-state index contributed by atoms with van der Waals surface area (Å²) in [6.07, 6.45) is -4.74. The number of amides is 4. The van der Waals surface area contributed by atoms with Crippen LogP contribution >= 0.6 is 0 Å². The first-order valence-electron chi connectivity index (χ1n) is 18.8. The Morgan fingerprint density at radius 1 is 1.09 bits per heavy atom. The van der Waals surface area contributed by atoms with E-state index in [1.54, 1.807) is 49.4 Å². The lowest BCUT2D eigenvalue weighted by molar-refractivity contribution is -0.205. The number of fused-ring (bicyclic) bond motifs is 5. The number of allylic oxidation sites excluding steroid dienone is 1. The second-order valence-electron chi connectivity index (χ2n) is 15.5. The van der Waals surface area contributed by atoms with Gasteiger partial charge < -0.3 is 25.4 Å². The lowest BCUT2D eigenvalue weighted by Gasteiger charge is -2.30. The third kappa shape index (κ3) is 8.42. The molecule has 1 aromatic heterocycles. The van der Waals surface area contributed by atoms with E-state index in [4.69, 9.17) is 4.74 Å². The predicted octanol–water partition coefficient (Wildman–Crippen LogP) is 4.31. The SMILES string of the molecule is CCC(C)(C)S(=O)(=O)NC(=O)[C@@]12C[C@H]1/C=C\CCCCC[C@H](NC(=O)[C@H](O)C(F)(F)F)C(=O)N1C[C@H](Oc3nc4ccccc4c4cccc(F)c34)C[C@H]1C(=O)N2. The van der Waals surface area contributed by atoms with Gasteiger partial charge in [0.25, 0.3) is 11.8 Å². The average Bonchev–Trinajstić information content (AvgIpc) is 3.69. The van der Waals surface area contributed by atoms with E-state index in [0.717, 1.165) is 4.90 Å². The molecule has 0 bridgehead atoms. The van der Waals surface area contributed by atoms with Gasteiger partial charge in [0.2, 0.25) is 33.8 Å². The Kier molecular flexibility index (Phi) is 11.6. The highest BCUT2D eigenvalue weighted by Gasteiger charge is 2.62. The second-order valence-corrected chi connectivity index (χ2v) is 17.8. The number of carbonyl (C=O) groups is 4. The Morgan fingerprint density at radius 2 is 1.81 bits per heavy atom. The van der Waals surface area contributed by atoms with Crippen molar-refractivity contribution in [3.8, 4) is 5.88 Å². The minimum absolute atomic E-state index is 0.0298. The van der Waals surface area contributed by atoms with E-state index < -0.39 is 86.1 Å². The van der Waals surface area contributed by atoms with Crippen molar-refractivity contribution in [1.82, 2.24) is 25.2 Å². The van der Waals surface area contributed by atoms with E-state index in [1.165, 1.54) is 26.0 Å². The molecule has 308 valence electrons. The molecule has 57 heavy (non-hydrogen) atoms. The number of aromatic nitrogens is 1. The van der Waals surface area contributed by atoms with Crippen LogP contribution in [0.15, 0.2) is 54.6 Å². The third-order valence-corrected chi connectivity index (χ3v) is 13.4. The number of alkyl halides is 3. The topological polar surface area (TPSA) is 184 Å². The Balaban J connectivity index is 1.37. The maximum absolute atomic E-state index is 15.5. The number of aliphatic hydroxyl groups excluding tert-OH is 1. The van der Waals surface area contributed by atoms with Crippen LogP contribution in [-0.4, -0.2) is 94.3 Å². The number of rotatable bonds is 8. The fourth-order valence-corrected chi connectivity index (χ4v) is 8.36. The Labute approximate surface area is 326 Å². The van der Waals surface area contributed by atoms with Crippen molar-refractivity contribution < 1.29 is 55.0 Å². The first-order valence-corrected chi connectivity index (χ1v) is 20.3. The molecule has 1 saturated carbocycles. The monoisotopic (exact) mass is 819 g/mol. The normalized spacial score (nSPS) is 26.0. The zero-order chi connectivity index (χ0) is 41.5. The number of carbonyl (C=O) groups excluding carboxylic acids is 4. The van der Waals surface area contributed by atoms with E-state index in [0.29, 0.717) is 35.6 Å². The lowest BCUT2D eigenvalue weighted by atomic mass is 10.0. The fraction of sp³-hybridized carbons (Fsp3) is 0.513. The zero-order valence-corrected chi connectivity index (χ0v) is 32.4. The minimum Gasteiger partial charge on any atom is -0.472 e. The van der Waals surface area contributed by atoms with Crippen LogP contribution in [0.1, 0.15) is 72.1 Å². The molecule has 0 spiro atoms. The van der Waals surface area contributed by atoms with E-state index in [-0.39, 0.29) is 49.9 Å². The van der Waals surface area contributed by atoms with Crippen molar-refractivity contribution in [3.05, 3.63) is 60.4 Å². The van der Waals surface area contributed by atoms with Gasteiger partial charge in [0.15, 0.2) is 0 Å². The largest absolute Gasteiger partial charge is 0.472 e. The number of hydrogen-bond acceptors (Lipinski definition) is 9. The summed E-state index contributed by atoms with van der Waals surface area (Å²) in [6.45, 7) is 4.16. The number of halogens is 4. The van der Waals surface area contributed by atoms with Gasteiger partial charge in [-0.05, 0) is 63.5 Å². The summed E-state index contributed by atoms with van der Waals surface area (Å²) < 4.78 is 89.1. The molecule has 13 nitrogen and oxygen atoms in total. The fourth-order valence-electron chi connectivity index (χ4n) is 7.28. The summed E-state index contributed by atoms with van der Waals surface area (Å²) in [5, 5.41) is 15.5. The summed E-state index contributed by atoms with van der Waals surface area (Å²) in [5.41, 5.74) is -1.28. The molecule has 3 aromatic rings. The molecular weight excluding hydrogens is 775 g/mol.